The molecule has 2 aliphatic carbocycles. The molecule has 0 amide bonds. The summed E-state index contributed by atoms with van der Waals surface area (Å²) in [6.07, 6.45) is 7.63. The molecular weight excluding hydrogens is 577 g/mol. The molecule has 35 heavy (non-hydrogen) atoms. The van der Waals surface area contributed by atoms with Crippen molar-refractivity contribution >= 4 is 81.5 Å². The number of alkyl halides is 4. The number of carbonyl (C=O) groups is 2. The molecule has 0 heterocycles. The van der Waals surface area contributed by atoms with Gasteiger partial charge in [-0.2, -0.15) is 0 Å². The maximum atomic E-state index is 13.5. The van der Waals surface area contributed by atoms with Crippen LogP contribution >= 0.6 is 69.6 Å². The second-order valence-electron chi connectivity index (χ2n) is 9.67. The maximum absolute atomic E-state index is 13.5. The number of halogens is 6. The van der Waals surface area contributed by atoms with Gasteiger partial charge in [-0.05, 0) is 24.7 Å². The summed E-state index contributed by atoms with van der Waals surface area (Å²) in [5.74, 6) is -3.86. The molecule has 0 aliphatic heterocycles. The van der Waals surface area contributed by atoms with E-state index in [9.17, 15) is 9.59 Å². The van der Waals surface area contributed by atoms with Gasteiger partial charge in [0.15, 0.2) is 4.33 Å². The normalized spacial score (nSPS) is 30.9. The first-order valence-corrected chi connectivity index (χ1v) is 14.8. The molecule has 0 radical (unpaired) electrons. The molecule has 6 atom stereocenters. The third-order valence-electron chi connectivity index (χ3n) is 7.45. The van der Waals surface area contributed by atoms with Crippen molar-refractivity contribution in [1.29, 1.82) is 0 Å². The van der Waals surface area contributed by atoms with Crippen molar-refractivity contribution < 1.29 is 19.1 Å². The van der Waals surface area contributed by atoms with Crippen molar-refractivity contribution in [2.45, 2.75) is 93.1 Å². The molecule has 1 fully saturated rings. The summed E-state index contributed by atoms with van der Waals surface area (Å²) in [5.41, 5.74) is 0. The van der Waals surface area contributed by atoms with Gasteiger partial charge in [-0.25, -0.2) is 0 Å². The highest BCUT2D eigenvalue weighted by Gasteiger charge is 2.86. The van der Waals surface area contributed by atoms with E-state index in [4.69, 9.17) is 79.1 Å². The van der Waals surface area contributed by atoms with Gasteiger partial charge in [0.2, 0.25) is 0 Å². The Hall–Kier alpha value is 0.420. The first kappa shape index (κ1) is 31.6. The van der Waals surface area contributed by atoms with Gasteiger partial charge in [0.25, 0.3) is 0 Å². The van der Waals surface area contributed by atoms with E-state index >= 15 is 0 Å². The van der Waals surface area contributed by atoms with Gasteiger partial charge < -0.3 is 9.47 Å². The zero-order valence-electron chi connectivity index (χ0n) is 20.8. The van der Waals surface area contributed by atoms with Gasteiger partial charge >= 0.3 is 11.9 Å². The van der Waals surface area contributed by atoms with Crippen LogP contribution < -0.4 is 0 Å². The largest absolute Gasteiger partial charge is 0.465 e. The number of rotatable bonds is 14. The minimum absolute atomic E-state index is 0.153. The summed E-state index contributed by atoms with van der Waals surface area (Å²) < 4.78 is 9.28. The average molecular weight is 613 g/mol. The van der Waals surface area contributed by atoms with Crippen LogP contribution in [-0.4, -0.2) is 39.2 Å². The summed E-state index contributed by atoms with van der Waals surface area (Å²) in [4.78, 5) is 23.0. The van der Waals surface area contributed by atoms with Crippen LogP contribution in [-0.2, 0) is 19.1 Å². The fraction of sp³-hybridized carbons (Fsp3) is 0.840. The minimum atomic E-state index is -2.05. The van der Waals surface area contributed by atoms with Crippen molar-refractivity contribution in [1.82, 2.24) is 0 Å². The van der Waals surface area contributed by atoms with Crippen LogP contribution in [0.5, 0.6) is 0 Å². The Balaban J connectivity index is 2.35. The van der Waals surface area contributed by atoms with Gasteiger partial charge in [0.1, 0.15) is 9.75 Å². The van der Waals surface area contributed by atoms with Crippen molar-refractivity contribution in [3.63, 3.8) is 0 Å². The topological polar surface area (TPSA) is 52.6 Å². The molecule has 0 aromatic carbocycles. The lowest BCUT2D eigenvalue weighted by Crippen LogP contribution is -2.47. The molecule has 0 aromatic heterocycles. The monoisotopic (exact) mass is 610 g/mol. The van der Waals surface area contributed by atoms with E-state index in [0.29, 0.717) is 0 Å². The molecule has 2 aliphatic rings. The molecule has 0 aromatic rings. The lowest BCUT2D eigenvalue weighted by Gasteiger charge is -2.34. The molecule has 0 unspecified atom stereocenters. The number of fused-ring (bicyclic) bond motifs is 2. The predicted octanol–water partition coefficient (Wildman–Crippen LogP) is 8.58. The van der Waals surface area contributed by atoms with E-state index in [0.717, 1.165) is 51.4 Å². The van der Waals surface area contributed by atoms with E-state index in [2.05, 4.69) is 13.8 Å². The highest BCUT2D eigenvalue weighted by Crippen LogP contribution is 2.76. The quantitative estimate of drug-likeness (QED) is 0.146. The first-order chi connectivity index (χ1) is 16.4. The maximum Gasteiger partial charge on any atom is 0.312 e. The molecule has 0 saturated heterocycles. The summed E-state index contributed by atoms with van der Waals surface area (Å²) in [6, 6.07) is 0. The number of hydrogen-bond donors (Lipinski definition) is 0. The summed E-state index contributed by atoms with van der Waals surface area (Å²) in [6.45, 7) is 8.63. The van der Waals surface area contributed by atoms with Crippen LogP contribution in [0, 0.1) is 23.7 Å². The molecule has 1 saturated carbocycles. The predicted molar refractivity (Wildman–Crippen MR) is 146 cm³/mol. The molecule has 2 bridgehead atoms. The van der Waals surface area contributed by atoms with Gasteiger partial charge in [0, 0.05) is 0 Å². The van der Waals surface area contributed by atoms with Crippen molar-refractivity contribution in [2.75, 3.05) is 13.2 Å². The van der Waals surface area contributed by atoms with Crippen LogP contribution in [0.3, 0.4) is 0 Å². The van der Waals surface area contributed by atoms with E-state index in [1.807, 2.05) is 13.8 Å². The van der Waals surface area contributed by atoms with E-state index in [-0.39, 0.29) is 35.1 Å². The summed E-state index contributed by atoms with van der Waals surface area (Å²) in [7, 11) is 0. The number of esters is 2. The average Bonchev–Trinajstić information content (AvgIpc) is 3.04. The standard InChI is InChI=1S/C25H36Cl6O4/c1-5-9-11-15(7-3)13-34-21(32)17-18(22(33)35-14-16(8-4)12-10-6-2)24(29)20(27)19(26)23(17,28)25(24,30)31/h15-18H,5-14H2,1-4H3/t15-,16-,17-,18-,23+,24+/m0/s1. The Morgan fingerprint density at radius 2 is 1.09 bits per heavy atom. The molecule has 2 rings (SSSR count). The van der Waals surface area contributed by atoms with Crippen LogP contribution in [0.2, 0.25) is 0 Å². The molecule has 0 spiro atoms. The third kappa shape index (κ3) is 5.59. The number of unbranched alkanes of at least 4 members (excludes halogenated alkanes) is 2. The van der Waals surface area contributed by atoms with E-state index < -0.39 is 37.9 Å². The highest BCUT2D eigenvalue weighted by molar-refractivity contribution is 6.66. The van der Waals surface area contributed by atoms with Crippen molar-refractivity contribution in [2.24, 2.45) is 23.7 Å². The summed E-state index contributed by atoms with van der Waals surface area (Å²) >= 11 is 40.0. The van der Waals surface area contributed by atoms with Crippen LogP contribution in [0.4, 0.5) is 0 Å². The lowest BCUT2D eigenvalue weighted by molar-refractivity contribution is -0.162. The Bertz CT molecular complexity index is 741. The van der Waals surface area contributed by atoms with Gasteiger partial charge in [-0.3, -0.25) is 9.59 Å². The Morgan fingerprint density at radius 3 is 1.37 bits per heavy atom. The molecule has 10 heteroatoms. The second-order valence-corrected chi connectivity index (χ2v) is 12.9. The van der Waals surface area contributed by atoms with Crippen molar-refractivity contribution in [3.8, 4) is 0 Å². The highest BCUT2D eigenvalue weighted by atomic mass is 35.5. The Kier molecular flexibility index (Phi) is 11.7. The molecule has 4 nitrogen and oxygen atoms in total. The SMILES string of the molecule is CCCC[C@H](CC)COC(=O)[C@@H]1[C@@H](C(=O)OC[C@@H](CC)CCCC)[C@@]2(Cl)C(Cl)=C(Cl)[C@@]1(Cl)C2(Cl)Cl. The van der Waals surface area contributed by atoms with Gasteiger partial charge in [-0.15, -0.1) is 23.2 Å². The molecule has 202 valence electrons. The van der Waals surface area contributed by atoms with Crippen LogP contribution in [0.25, 0.3) is 0 Å². The third-order valence-corrected chi connectivity index (χ3v) is 11.7. The number of ether oxygens (including phenoxy) is 2. The fourth-order valence-electron chi connectivity index (χ4n) is 4.96. The number of hydrogen-bond acceptors (Lipinski definition) is 4. The first-order valence-electron chi connectivity index (χ1n) is 12.5. The zero-order chi connectivity index (χ0) is 26.6. The van der Waals surface area contributed by atoms with Gasteiger partial charge in [-0.1, -0.05) is 113 Å². The fourth-order valence-corrected chi connectivity index (χ4v) is 7.88. The number of carbonyl (C=O) groups excluding carboxylic acids is 2. The summed E-state index contributed by atoms with van der Waals surface area (Å²) in [5, 5.41) is -0.307. The zero-order valence-corrected chi connectivity index (χ0v) is 25.3. The molecular formula is C25H36Cl6O4. The van der Waals surface area contributed by atoms with Crippen LogP contribution in [0.1, 0.15) is 79.1 Å². The van der Waals surface area contributed by atoms with E-state index in [1.165, 1.54) is 0 Å². The second kappa shape index (κ2) is 13.0. The Morgan fingerprint density at radius 1 is 0.743 bits per heavy atom. The van der Waals surface area contributed by atoms with Gasteiger partial charge in [0.05, 0.1) is 35.1 Å². The number of allylic oxidation sites excluding steroid dienone is 2. The Labute approximate surface area is 239 Å². The van der Waals surface area contributed by atoms with Crippen LogP contribution in [0.15, 0.2) is 10.1 Å². The minimum Gasteiger partial charge on any atom is -0.465 e. The molecule has 0 N–H and O–H groups in total. The smallest absolute Gasteiger partial charge is 0.312 e. The van der Waals surface area contributed by atoms with Crippen molar-refractivity contribution in [3.05, 3.63) is 10.1 Å². The lowest BCUT2D eigenvalue weighted by atomic mass is 9.81. The van der Waals surface area contributed by atoms with E-state index in [1.54, 1.807) is 0 Å².